The predicted molar refractivity (Wildman–Crippen MR) is 87.9 cm³/mol. The number of aromatic nitrogens is 2. The molecule has 0 atom stereocenters. The summed E-state index contributed by atoms with van der Waals surface area (Å²) in [4.78, 5) is 16.6. The van der Waals surface area contributed by atoms with Crippen LogP contribution in [0.5, 0.6) is 0 Å². The van der Waals surface area contributed by atoms with Gasteiger partial charge in [0.2, 0.25) is 0 Å². The first-order valence-corrected chi connectivity index (χ1v) is 7.98. The molecule has 2 heterocycles. The minimum Gasteiger partial charge on any atom is -0.338 e. The SMILES string of the molecule is CCCNC(=O)Nc1ccccc1-c1cn2c(n1)CCCC2. The maximum Gasteiger partial charge on any atom is 0.319 e. The van der Waals surface area contributed by atoms with E-state index in [1.54, 1.807) is 0 Å². The largest absolute Gasteiger partial charge is 0.338 e. The topological polar surface area (TPSA) is 59.0 Å². The average molecular weight is 298 g/mol. The van der Waals surface area contributed by atoms with E-state index in [0.29, 0.717) is 6.54 Å². The molecule has 0 spiro atoms. The molecule has 2 aromatic rings. The molecule has 0 unspecified atom stereocenters. The number of anilines is 1. The maximum atomic E-state index is 11.9. The monoisotopic (exact) mass is 298 g/mol. The van der Waals surface area contributed by atoms with Gasteiger partial charge in [-0.3, -0.25) is 0 Å². The first-order valence-electron chi connectivity index (χ1n) is 7.98. The first-order chi connectivity index (χ1) is 10.8. The number of nitrogens with zero attached hydrogens (tertiary/aromatic N) is 2. The van der Waals surface area contributed by atoms with Crippen LogP contribution in [0.4, 0.5) is 10.5 Å². The molecule has 1 aromatic carbocycles. The van der Waals surface area contributed by atoms with Gasteiger partial charge in [0.15, 0.2) is 0 Å². The average Bonchev–Trinajstić information content (AvgIpc) is 2.97. The van der Waals surface area contributed by atoms with Gasteiger partial charge in [0.05, 0.1) is 11.4 Å². The predicted octanol–water partition coefficient (Wildman–Crippen LogP) is 3.42. The lowest BCUT2D eigenvalue weighted by molar-refractivity contribution is 0.252. The highest BCUT2D eigenvalue weighted by molar-refractivity contribution is 5.93. The molecule has 1 aliphatic heterocycles. The van der Waals surface area contributed by atoms with Crippen LogP contribution in [0.3, 0.4) is 0 Å². The minimum atomic E-state index is -0.168. The zero-order valence-electron chi connectivity index (χ0n) is 12.9. The molecule has 0 radical (unpaired) electrons. The van der Waals surface area contributed by atoms with Crippen molar-refractivity contribution >= 4 is 11.7 Å². The van der Waals surface area contributed by atoms with E-state index in [4.69, 9.17) is 4.98 Å². The van der Waals surface area contributed by atoms with Crippen molar-refractivity contribution in [2.75, 3.05) is 11.9 Å². The third kappa shape index (κ3) is 3.13. The number of rotatable bonds is 4. The Bertz CT molecular complexity index is 639. The van der Waals surface area contributed by atoms with E-state index >= 15 is 0 Å². The molecule has 22 heavy (non-hydrogen) atoms. The lowest BCUT2D eigenvalue weighted by atomic mass is 10.1. The third-order valence-electron chi connectivity index (χ3n) is 3.90. The lowest BCUT2D eigenvalue weighted by Gasteiger charge is -2.11. The maximum absolute atomic E-state index is 11.9. The number of benzene rings is 1. The molecule has 1 aromatic heterocycles. The molecule has 5 nitrogen and oxygen atoms in total. The molecule has 0 bridgehead atoms. The third-order valence-corrected chi connectivity index (χ3v) is 3.90. The number of aryl methyl sites for hydroxylation is 2. The number of carbonyl (C=O) groups excluding carboxylic acids is 1. The fourth-order valence-corrected chi connectivity index (χ4v) is 2.76. The van der Waals surface area contributed by atoms with Gasteiger partial charge >= 0.3 is 6.03 Å². The van der Waals surface area contributed by atoms with Gasteiger partial charge in [-0.1, -0.05) is 25.1 Å². The van der Waals surface area contributed by atoms with Crippen molar-refractivity contribution in [2.24, 2.45) is 0 Å². The van der Waals surface area contributed by atoms with Crippen molar-refractivity contribution < 1.29 is 4.79 Å². The number of carbonyl (C=O) groups is 1. The number of para-hydroxylation sites is 1. The van der Waals surface area contributed by atoms with Crippen LogP contribution in [0, 0.1) is 0 Å². The molecule has 116 valence electrons. The van der Waals surface area contributed by atoms with Gasteiger partial charge in [-0.05, 0) is 25.3 Å². The van der Waals surface area contributed by atoms with Crippen LogP contribution >= 0.6 is 0 Å². The molecule has 5 heteroatoms. The number of hydrogen-bond donors (Lipinski definition) is 2. The molecule has 0 saturated heterocycles. The number of nitrogens with one attached hydrogen (secondary N) is 2. The van der Waals surface area contributed by atoms with Gasteiger partial charge < -0.3 is 15.2 Å². The second-order valence-corrected chi connectivity index (χ2v) is 5.62. The highest BCUT2D eigenvalue weighted by Gasteiger charge is 2.15. The minimum absolute atomic E-state index is 0.168. The van der Waals surface area contributed by atoms with Crippen LogP contribution in [0.2, 0.25) is 0 Å². The zero-order chi connectivity index (χ0) is 15.4. The van der Waals surface area contributed by atoms with Crippen molar-refractivity contribution in [1.82, 2.24) is 14.9 Å². The van der Waals surface area contributed by atoms with Crippen LogP contribution in [-0.4, -0.2) is 22.1 Å². The van der Waals surface area contributed by atoms with E-state index in [2.05, 4.69) is 21.4 Å². The fraction of sp³-hybridized carbons (Fsp3) is 0.412. The Kier molecular flexibility index (Phi) is 4.42. The lowest BCUT2D eigenvalue weighted by Crippen LogP contribution is -2.29. The van der Waals surface area contributed by atoms with E-state index in [1.807, 2.05) is 31.2 Å². The quantitative estimate of drug-likeness (QED) is 0.908. The second-order valence-electron chi connectivity index (χ2n) is 5.62. The number of imidazole rings is 1. The summed E-state index contributed by atoms with van der Waals surface area (Å²) >= 11 is 0. The summed E-state index contributed by atoms with van der Waals surface area (Å²) in [6.45, 7) is 3.74. The molecule has 0 saturated carbocycles. The van der Waals surface area contributed by atoms with Crippen LogP contribution in [0.25, 0.3) is 11.3 Å². The standard InChI is InChI=1S/C17H22N4O/c1-2-10-18-17(22)20-14-8-4-3-7-13(14)15-12-21-11-6-5-9-16(21)19-15/h3-4,7-8,12H,2,5-6,9-11H2,1H3,(H2,18,20,22). The molecule has 0 fully saturated rings. The van der Waals surface area contributed by atoms with E-state index in [9.17, 15) is 4.79 Å². The summed E-state index contributed by atoms with van der Waals surface area (Å²) in [7, 11) is 0. The van der Waals surface area contributed by atoms with Crippen LogP contribution in [0.15, 0.2) is 30.5 Å². The Hall–Kier alpha value is -2.30. The summed E-state index contributed by atoms with van der Waals surface area (Å²) in [5.41, 5.74) is 2.70. The highest BCUT2D eigenvalue weighted by Crippen LogP contribution is 2.28. The van der Waals surface area contributed by atoms with Crippen molar-refractivity contribution in [3.05, 3.63) is 36.3 Å². The summed E-state index contributed by atoms with van der Waals surface area (Å²) in [5, 5.41) is 5.76. The Morgan fingerprint density at radius 3 is 3.00 bits per heavy atom. The Morgan fingerprint density at radius 1 is 1.32 bits per heavy atom. The van der Waals surface area contributed by atoms with Crippen LogP contribution in [0.1, 0.15) is 32.0 Å². The van der Waals surface area contributed by atoms with Crippen LogP contribution < -0.4 is 10.6 Å². The van der Waals surface area contributed by atoms with E-state index in [0.717, 1.165) is 42.2 Å². The number of amides is 2. The molecular weight excluding hydrogens is 276 g/mol. The smallest absolute Gasteiger partial charge is 0.319 e. The normalized spacial score (nSPS) is 13.5. The summed E-state index contributed by atoms with van der Waals surface area (Å²) in [6, 6.07) is 7.65. The van der Waals surface area contributed by atoms with E-state index in [-0.39, 0.29) is 6.03 Å². The van der Waals surface area contributed by atoms with Gasteiger partial charge in [0.1, 0.15) is 5.82 Å². The Morgan fingerprint density at radius 2 is 2.18 bits per heavy atom. The van der Waals surface area contributed by atoms with Crippen molar-refractivity contribution in [2.45, 2.75) is 39.2 Å². The molecule has 3 rings (SSSR count). The second kappa shape index (κ2) is 6.64. The molecule has 1 aliphatic rings. The van der Waals surface area contributed by atoms with Crippen molar-refractivity contribution in [3.63, 3.8) is 0 Å². The van der Waals surface area contributed by atoms with Gasteiger partial charge in [0, 0.05) is 31.3 Å². The number of fused-ring (bicyclic) bond motifs is 1. The Balaban J connectivity index is 1.84. The summed E-state index contributed by atoms with van der Waals surface area (Å²) in [6.07, 6.45) is 6.46. The number of urea groups is 1. The highest BCUT2D eigenvalue weighted by atomic mass is 16.2. The van der Waals surface area contributed by atoms with Gasteiger partial charge in [-0.15, -0.1) is 0 Å². The fourth-order valence-electron chi connectivity index (χ4n) is 2.76. The molecular formula is C17H22N4O. The van der Waals surface area contributed by atoms with Gasteiger partial charge in [0.25, 0.3) is 0 Å². The van der Waals surface area contributed by atoms with E-state index in [1.165, 1.54) is 12.8 Å². The summed E-state index contributed by atoms with van der Waals surface area (Å²) in [5.74, 6) is 1.14. The van der Waals surface area contributed by atoms with E-state index < -0.39 is 0 Å². The van der Waals surface area contributed by atoms with Crippen molar-refractivity contribution in [1.29, 1.82) is 0 Å². The van der Waals surface area contributed by atoms with Gasteiger partial charge in [-0.2, -0.15) is 0 Å². The molecule has 2 amide bonds. The molecule has 2 N–H and O–H groups in total. The first kappa shape index (κ1) is 14.6. The number of hydrogen-bond acceptors (Lipinski definition) is 2. The Labute approximate surface area is 130 Å². The van der Waals surface area contributed by atoms with Crippen molar-refractivity contribution in [3.8, 4) is 11.3 Å². The zero-order valence-corrected chi connectivity index (χ0v) is 12.9. The molecule has 0 aliphatic carbocycles. The van der Waals surface area contributed by atoms with Crippen LogP contribution in [-0.2, 0) is 13.0 Å². The summed E-state index contributed by atoms with van der Waals surface area (Å²) < 4.78 is 2.23. The van der Waals surface area contributed by atoms with Gasteiger partial charge in [-0.25, -0.2) is 9.78 Å².